The van der Waals surface area contributed by atoms with Gasteiger partial charge < -0.3 is 5.73 Å². The molecule has 4 heteroatoms. The first kappa shape index (κ1) is 13.5. The van der Waals surface area contributed by atoms with Crippen molar-refractivity contribution in [1.29, 1.82) is 0 Å². The number of hydrogen-bond donors (Lipinski definition) is 1. The van der Waals surface area contributed by atoms with Crippen LogP contribution in [0.2, 0.25) is 0 Å². The van der Waals surface area contributed by atoms with Crippen LogP contribution in [0.15, 0.2) is 6.33 Å². The van der Waals surface area contributed by atoms with Crippen LogP contribution in [0.3, 0.4) is 0 Å². The zero-order chi connectivity index (χ0) is 13.2. The molecule has 1 aliphatic carbocycles. The molecule has 0 aromatic carbocycles. The average molecular weight is 250 g/mol. The van der Waals surface area contributed by atoms with Gasteiger partial charge in [-0.05, 0) is 24.7 Å². The van der Waals surface area contributed by atoms with E-state index in [0.29, 0.717) is 5.92 Å². The van der Waals surface area contributed by atoms with Gasteiger partial charge in [-0.25, -0.2) is 9.67 Å². The van der Waals surface area contributed by atoms with Gasteiger partial charge in [-0.3, -0.25) is 0 Å². The lowest BCUT2D eigenvalue weighted by molar-refractivity contribution is 0.229. The zero-order valence-corrected chi connectivity index (χ0v) is 11.9. The van der Waals surface area contributed by atoms with Gasteiger partial charge >= 0.3 is 0 Å². The molecule has 2 atom stereocenters. The largest absolute Gasteiger partial charge is 0.325 e. The molecule has 0 radical (unpaired) electrons. The van der Waals surface area contributed by atoms with Crippen LogP contribution in [0.1, 0.15) is 52.3 Å². The summed E-state index contributed by atoms with van der Waals surface area (Å²) in [6.45, 7) is 7.64. The summed E-state index contributed by atoms with van der Waals surface area (Å²) < 4.78 is 2.03. The van der Waals surface area contributed by atoms with E-state index in [-0.39, 0.29) is 5.54 Å². The summed E-state index contributed by atoms with van der Waals surface area (Å²) in [4.78, 5) is 4.41. The van der Waals surface area contributed by atoms with Crippen molar-refractivity contribution in [2.45, 2.75) is 65.0 Å². The molecule has 1 aromatic rings. The second-order valence-electron chi connectivity index (χ2n) is 6.49. The summed E-state index contributed by atoms with van der Waals surface area (Å²) in [5.41, 5.74) is 6.49. The fourth-order valence-corrected chi connectivity index (χ4v) is 3.10. The molecule has 1 heterocycles. The quantitative estimate of drug-likeness (QED) is 0.892. The van der Waals surface area contributed by atoms with Crippen LogP contribution in [-0.4, -0.2) is 20.3 Å². The lowest BCUT2D eigenvalue weighted by Gasteiger charge is -2.36. The first-order chi connectivity index (χ1) is 8.48. The molecule has 2 unspecified atom stereocenters. The van der Waals surface area contributed by atoms with E-state index in [2.05, 4.69) is 30.9 Å². The van der Waals surface area contributed by atoms with Gasteiger partial charge in [-0.1, -0.05) is 33.6 Å². The Morgan fingerprint density at radius 2 is 2.33 bits per heavy atom. The molecule has 102 valence electrons. The summed E-state index contributed by atoms with van der Waals surface area (Å²) in [5.74, 6) is 2.38. The second kappa shape index (κ2) is 5.39. The van der Waals surface area contributed by atoms with Gasteiger partial charge in [0.1, 0.15) is 12.2 Å². The van der Waals surface area contributed by atoms with Crippen molar-refractivity contribution in [2.24, 2.45) is 17.6 Å². The SMILES string of the molecule is CC(C)Cn1ncnc1CC1(N)CCCC(C)C1. The van der Waals surface area contributed by atoms with Crippen LogP contribution in [0.4, 0.5) is 0 Å². The van der Waals surface area contributed by atoms with Gasteiger partial charge in [0.05, 0.1) is 0 Å². The molecule has 2 rings (SSSR count). The highest BCUT2D eigenvalue weighted by molar-refractivity contribution is 5.00. The fraction of sp³-hybridized carbons (Fsp3) is 0.857. The van der Waals surface area contributed by atoms with Crippen molar-refractivity contribution in [3.8, 4) is 0 Å². The van der Waals surface area contributed by atoms with Crippen LogP contribution < -0.4 is 5.73 Å². The zero-order valence-electron chi connectivity index (χ0n) is 11.9. The Morgan fingerprint density at radius 1 is 1.56 bits per heavy atom. The Hall–Kier alpha value is -0.900. The van der Waals surface area contributed by atoms with Crippen molar-refractivity contribution in [3.05, 3.63) is 12.2 Å². The maximum absolute atomic E-state index is 6.56. The van der Waals surface area contributed by atoms with Crippen molar-refractivity contribution in [3.63, 3.8) is 0 Å². The minimum absolute atomic E-state index is 0.0700. The van der Waals surface area contributed by atoms with Gasteiger partial charge in [-0.15, -0.1) is 0 Å². The van der Waals surface area contributed by atoms with Crippen molar-refractivity contribution < 1.29 is 0 Å². The lowest BCUT2D eigenvalue weighted by Crippen LogP contribution is -2.46. The Balaban J connectivity index is 2.06. The third-order valence-corrected chi connectivity index (χ3v) is 3.87. The lowest BCUT2D eigenvalue weighted by atomic mass is 9.75. The minimum atomic E-state index is -0.0700. The molecular weight excluding hydrogens is 224 g/mol. The standard InChI is InChI=1S/C14H26N4/c1-11(2)9-18-13(16-10-17-18)8-14(15)6-4-5-12(3)7-14/h10-12H,4-9,15H2,1-3H3. The smallest absolute Gasteiger partial charge is 0.138 e. The van der Waals surface area contributed by atoms with Crippen LogP contribution in [0.25, 0.3) is 0 Å². The van der Waals surface area contributed by atoms with Crippen molar-refractivity contribution >= 4 is 0 Å². The topological polar surface area (TPSA) is 56.7 Å². The van der Waals surface area contributed by atoms with Gasteiger partial charge in [0.25, 0.3) is 0 Å². The summed E-state index contributed by atoms with van der Waals surface area (Å²) >= 11 is 0. The summed E-state index contributed by atoms with van der Waals surface area (Å²) in [7, 11) is 0. The Morgan fingerprint density at radius 3 is 3.00 bits per heavy atom. The summed E-state index contributed by atoms with van der Waals surface area (Å²) in [5, 5.41) is 4.32. The van der Waals surface area contributed by atoms with E-state index >= 15 is 0 Å². The van der Waals surface area contributed by atoms with Gasteiger partial charge in [0, 0.05) is 18.5 Å². The monoisotopic (exact) mass is 250 g/mol. The highest BCUT2D eigenvalue weighted by Crippen LogP contribution is 2.32. The average Bonchev–Trinajstić information content (AvgIpc) is 2.63. The molecule has 1 aliphatic rings. The van der Waals surface area contributed by atoms with E-state index < -0.39 is 0 Å². The summed E-state index contributed by atoms with van der Waals surface area (Å²) in [6, 6.07) is 0. The Bertz CT molecular complexity index is 385. The van der Waals surface area contributed by atoms with Crippen LogP contribution in [0, 0.1) is 11.8 Å². The molecule has 0 spiro atoms. The highest BCUT2D eigenvalue weighted by atomic mass is 15.3. The van der Waals surface area contributed by atoms with Crippen LogP contribution >= 0.6 is 0 Å². The van der Waals surface area contributed by atoms with Gasteiger partial charge in [0.2, 0.25) is 0 Å². The minimum Gasteiger partial charge on any atom is -0.325 e. The predicted molar refractivity (Wildman–Crippen MR) is 73.1 cm³/mol. The maximum atomic E-state index is 6.56. The van der Waals surface area contributed by atoms with E-state index in [1.54, 1.807) is 6.33 Å². The van der Waals surface area contributed by atoms with E-state index in [9.17, 15) is 0 Å². The Labute approximate surface area is 110 Å². The van der Waals surface area contributed by atoms with E-state index in [1.165, 1.54) is 12.8 Å². The van der Waals surface area contributed by atoms with Gasteiger partial charge in [0.15, 0.2) is 0 Å². The number of hydrogen-bond acceptors (Lipinski definition) is 3. The normalized spacial score (nSPS) is 28.8. The molecule has 0 amide bonds. The molecule has 1 fully saturated rings. The van der Waals surface area contributed by atoms with E-state index in [4.69, 9.17) is 5.73 Å². The molecule has 4 nitrogen and oxygen atoms in total. The van der Waals surface area contributed by atoms with Gasteiger partial charge in [-0.2, -0.15) is 5.10 Å². The molecule has 18 heavy (non-hydrogen) atoms. The molecular formula is C14H26N4. The number of rotatable bonds is 4. The van der Waals surface area contributed by atoms with Crippen molar-refractivity contribution in [1.82, 2.24) is 14.8 Å². The van der Waals surface area contributed by atoms with Crippen LogP contribution in [-0.2, 0) is 13.0 Å². The third-order valence-electron chi connectivity index (χ3n) is 3.87. The number of nitrogens with zero attached hydrogens (tertiary/aromatic N) is 3. The third kappa shape index (κ3) is 3.31. The van der Waals surface area contributed by atoms with Crippen molar-refractivity contribution in [2.75, 3.05) is 0 Å². The highest BCUT2D eigenvalue weighted by Gasteiger charge is 2.32. The molecule has 2 N–H and O–H groups in total. The molecule has 1 saturated carbocycles. The molecule has 1 aromatic heterocycles. The first-order valence-corrected chi connectivity index (χ1v) is 7.14. The Kier molecular flexibility index (Phi) is 4.05. The fourth-order valence-electron chi connectivity index (χ4n) is 3.10. The maximum Gasteiger partial charge on any atom is 0.138 e. The first-order valence-electron chi connectivity index (χ1n) is 7.14. The van der Waals surface area contributed by atoms with Crippen LogP contribution in [0.5, 0.6) is 0 Å². The molecule has 0 bridgehead atoms. The number of nitrogens with two attached hydrogens (primary N) is 1. The summed E-state index contributed by atoms with van der Waals surface area (Å²) in [6.07, 6.45) is 7.32. The number of aromatic nitrogens is 3. The predicted octanol–water partition coefficient (Wildman–Crippen LogP) is 2.38. The molecule has 0 saturated heterocycles. The van der Waals surface area contributed by atoms with E-state index in [0.717, 1.165) is 37.5 Å². The molecule has 0 aliphatic heterocycles. The van der Waals surface area contributed by atoms with E-state index in [1.807, 2.05) is 4.68 Å². The second-order valence-corrected chi connectivity index (χ2v) is 6.49.